The van der Waals surface area contributed by atoms with Crippen molar-refractivity contribution >= 4 is 5.69 Å². The summed E-state index contributed by atoms with van der Waals surface area (Å²) in [4.78, 5) is 2.54. The summed E-state index contributed by atoms with van der Waals surface area (Å²) < 4.78 is 5.17. The third-order valence-corrected chi connectivity index (χ3v) is 4.67. The molecule has 2 N–H and O–H groups in total. The first-order valence-electron chi connectivity index (χ1n) is 6.98. The predicted molar refractivity (Wildman–Crippen MR) is 72.1 cm³/mol. The Morgan fingerprint density at radius 1 is 1.28 bits per heavy atom. The van der Waals surface area contributed by atoms with Crippen LogP contribution >= 0.6 is 0 Å². The SMILES string of the molecule is COCCN1CCC2(CC1)C[NH2+]c1ccccc12. The summed E-state index contributed by atoms with van der Waals surface area (Å²) >= 11 is 0. The van der Waals surface area contributed by atoms with Gasteiger partial charge in [0.05, 0.1) is 18.6 Å². The molecule has 0 radical (unpaired) electrons. The molecule has 0 bridgehead atoms. The molecular weight excluding hydrogens is 224 g/mol. The standard InChI is InChI=1S/C15H22N2O/c1-18-11-10-17-8-6-15(7-9-17)12-16-14-5-3-2-4-13(14)15/h2-5,16H,6-12H2,1H3/p+1. The van der Waals surface area contributed by atoms with Crippen molar-refractivity contribution in [1.29, 1.82) is 0 Å². The lowest BCUT2D eigenvalue weighted by Crippen LogP contribution is -2.78. The third kappa shape index (κ3) is 2.07. The molecule has 0 unspecified atom stereocenters. The van der Waals surface area contributed by atoms with Gasteiger partial charge >= 0.3 is 0 Å². The van der Waals surface area contributed by atoms with Gasteiger partial charge in [-0.1, -0.05) is 18.2 Å². The zero-order chi connectivity index (χ0) is 12.4. The second-order valence-electron chi connectivity index (χ2n) is 5.61. The topological polar surface area (TPSA) is 29.1 Å². The van der Waals surface area contributed by atoms with Crippen LogP contribution in [0.1, 0.15) is 18.4 Å². The fourth-order valence-electron chi connectivity index (χ4n) is 3.47. The van der Waals surface area contributed by atoms with Crippen molar-refractivity contribution in [2.24, 2.45) is 0 Å². The number of quaternary nitrogens is 1. The lowest BCUT2D eigenvalue weighted by atomic mass is 9.74. The van der Waals surface area contributed by atoms with E-state index in [-0.39, 0.29) is 0 Å². The number of hydrogen-bond donors (Lipinski definition) is 1. The minimum Gasteiger partial charge on any atom is -0.383 e. The van der Waals surface area contributed by atoms with Crippen LogP contribution in [-0.4, -0.2) is 44.8 Å². The summed E-state index contributed by atoms with van der Waals surface area (Å²) in [7, 11) is 1.79. The van der Waals surface area contributed by atoms with Gasteiger partial charge in [0.1, 0.15) is 5.69 Å². The van der Waals surface area contributed by atoms with Gasteiger partial charge in [0, 0.05) is 19.2 Å². The first-order chi connectivity index (χ1) is 8.84. The number of benzene rings is 1. The Morgan fingerprint density at radius 2 is 2.06 bits per heavy atom. The predicted octanol–water partition coefficient (Wildman–Crippen LogP) is 0.875. The maximum Gasteiger partial charge on any atom is 0.133 e. The lowest BCUT2D eigenvalue weighted by molar-refractivity contribution is -0.569. The number of likely N-dealkylation sites (tertiary alicyclic amines) is 1. The van der Waals surface area contributed by atoms with E-state index in [1.54, 1.807) is 12.7 Å². The number of rotatable bonds is 3. The fraction of sp³-hybridized carbons (Fsp3) is 0.600. The van der Waals surface area contributed by atoms with Gasteiger partial charge in [-0.2, -0.15) is 0 Å². The molecule has 1 spiro atoms. The quantitative estimate of drug-likeness (QED) is 0.803. The first kappa shape index (κ1) is 12.2. The molecule has 98 valence electrons. The third-order valence-electron chi connectivity index (χ3n) is 4.67. The van der Waals surface area contributed by atoms with E-state index in [4.69, 9.17) is 4.74 Å². The average Bonchev–Trinajstić information content (AvgIpc) is 2.78. The molecule has 3 rings (SSSR count). The van der Waals surface area contributed by atoms with Crippen LogP contribution in [0, 0.1) is 0 Å². The molecule has 0 aliphatic carbocycles. The van der Waals surface area contributed by atoms with Crippen LogP contribution in [0.2, 0.25) is 0 Å². The van der Waals surface area contributed by atoms with Gasteiger partial charge < -0.3 is 15.0 Å². The van der Waals surface area contributed by atoms with Crippen molar-refractivity contribution in [3.8, 4) is 0 Å². The van der Waals surface area contributed by atoms with Crippen LogP contribution in [0.5, 0.6) is 0 Å². The summed E-state index contributed by atoms with van der Waals surface area (Å²) in [6.45, 7) is 5.61. The monoisotopic (exact) mass is 247 g/mol. The van der Waals surface area contributed by atoms with Crippen LogP contribution in [0.3, 0.4) is 0 Å². The van der Waals surface area contributed by atoms with E-state index < -0.39 is 0 Å². The van der Waals surface area contributed by atoms with Crippen molar-refractivity contribution in [1.82, 2.24) is 4.90 Å². The van der Waals surface area contributed by atoms with Gasteiger partial charge in [-0.15, -0.1) is 0 Å². The largest absolute Gasteiger partial charge is 0.383 e. The number of nitrogens with zero attached hydrogens (tertiary/aromatic N) is 1. The number of para-hydroxylation sites is 1. The molecule has 1 aromatic carbocycles. The molecule has 1 saturated heterocycles. The van der Waals surface area contributed by atoms with E-state index in [9.17, 15) is 0 Å². The first-order valence-corrected chi connectivity index (χ1v) is 6.98. The molecule has 0 saturated carbocycles. The Bertz CT molecular complexity index is 411. The van der Waals surface area contributed by atoms with Gasteiger partial charge in [0.25, 0.3) is 0 Å². The number of ether oxygens (including phenoxy) is 1. The Hall–Kier alpha value is -0.900. The van der Waals surface area contributed by atoms with Crippen molar-refractivity contribution in [2.45, 2.75) is 18.3 Å². The summed E-state index contributed by atoms with van der Waals surface area (Å²) in [5.41, 5.74) is 3.51. The van der Waals surface area contributed by atoms with Gasteiger partial charge in [-0.05, 0) is 32.0 Å². The molecule has 2 aliphatic heterocycles. The molecule has 1 aromatic rings. The van der Waals surface area contributed by atoms with Crippen molar-refractivity contribution < 1.29 is 10.1 Å². The van der Waals surface area contributed by atoms with E-state index in [1.807, 2.05) is 0 Å². The highest BCUT2D eigenvalue weighted by Crippen LogP contribution is 2.39. The van der Waals surface area contributed by atoms with Gasteiger partial charge in [0.2, 0.25) is 0 Å². The maximum absolute atomic E-state index is 5.17. The second-order valence-corrected chi connectivity index (χ2v) is 5.61. The van der Waals surface area contributed by atoms with E-state index in [2.05, 4.69) is 34.5 Å². The van der Waals surface area contributed by atoms with Crippen molar-refractivity contribution in [3.63, 3.8) is 0 Å². The highest BCUT2D eigenvalue weighted by molar-refractivity contribution is 5.47. The Kier molecular flexibility index (Phi) is 3.37. The van der Waals surface area contributed by atoms with Crippen LogP contribution in [-0.2, 0) is 10.2 Å². The molecule has 0 atom stereocenters. The van der Waals surface area contributed by atoms with Crippen LogP contribution in [0.4, 0.5) is 5.69 Å². The van der Waals surface area contributed by atoms with Gasteiger partial charge in [-0.25, -0.2) is 0 Å². The summed E-state index contributed by atoms with van der Waals surface area (Å²) in [6.07, 6.45) is 2.59. The highest BCUT2D eigenvalue weighted by Gasteiger charge is 2.44. The number of piperidine rings is 1. The fourth-order valence-corrected chi connectivity index (χ4v) is 3.47. The molecule has 2 aliphatic rings. The smallest absolute Gasteiger partial charge is 0.133 e. The molecule has 1 fully saturated rings. The van der Waals surface area contributed by atoms with Gasteiger partial charge in [0.15, 0.2) is 0 Å². The minimum atomic E-state index is 0.445. The Morgan fingerprint density at radius 3 is 2.83 bits per heavy atom. The normalized spacial score (nSPS) is 22.3. The highest BCUT2D eigenvalue weighted by atomic mass is 16.5. The molecule has 2 heterocycles. The number of methoxy groups -OCH3 is 1. The summed E-state index contributed by atoms with van der Waals surface area (Å²) in [5, 5.41) is 2.43. The molecular formula is C15H23N2O+. The van der Waals surface area contributed by atoms with E-state index in [0.29, 0.717) is 5.41 Å². The Balaban J connectivity index is 1.69. The zero-order valence-electron chi connectivity index (χ0n) is 11.2. The average molecular weight is 247 g/mol. The van der Waals surface area contributed by atoms with E-state index >= 15 is 0 Å². The van der Waals surface area contributed by atoms with Crippen LogP contribution in [0.25, 0.3) is 0 Å². The van der Waals surface area contributed by atoms with E-state index in [1.165, 1.54) is 38.2 Å². The van der Waals surface area contributed by atoms with Crippen LogP contribution in [0.15, 0.2) is 24.3 Å². The zero-order valence-corrected chi connectivity index (χ0v) is 11.2. The Labute approximate surface area is 109 Å². The van der Waals surface area contributed by atoms with Crippen molar-refractivity contribution in [2.75, 3.05) is 39.9 Å². The van der Waals surface area contributed by atoms with Crippen LogP contribution < -0.4 is 5.32 Å². The lowest BCUT2D eigenvalue weighted by Gasteiger charge is -2.37. The maximum atomic E-state index is 5.17. The second kappa shape index (κ2) is 5.00. The number of nitrogens with two attached hydrogens (primary N) is 1. The summed E-state index contributed by atoms with van der Waals surface area (Å²) in [6, 6.07) is 8.95. The van der Waals surface area contributed by atoms with E-state index in [0.717, 1.165) is 13.2 Å². The summed E-state index contributed by atoms with van der Waals surface area (Å²) in [5.74, 6) is 0. The molecule has 0 aromatic heterocycles. The molecule has 3 heteroatoms. The molecule has 18 heavy (non-hydrogen) atoms. The van der Waals surface area contributed by atoms with Gasteiger partial charge in [-0.3, -0.25) is 0 Å². The molecule has 0 amide bonds. The molecule has 3 nitrogen and oxygen atoms in total. The minimum absolute atomic E-state index is 0.445. The van der Waals surface area contributed by atoms with Crippen molar-refractivity contribution in [3.05, 3.63) is 29.8 Å². The number of hydrogen-bond acceptors (Lipinski definition) is 2. The number of fused-ring (bicyclic) bond motifs is 2.